The number of hydrazine groups is 1. The van der Waals surface area contributed by atoms with Gasteiger partial charge in [0, 0.05) is 19.3 Å². The van der Waals surface area contributed by atoms with Crippen molar-refractivity contribution >= 4 is 17.5 Å². The number of nitrogens with two attached hydrogens (primary N) is 1. The third kappa shape index (κ3) is 1.99. The standard InChI is InChI=1S/C9H12N4O2/c10-8-7(2-1-3-11-8)12-13-4-6(5-13)9(14)15/h1-3,6,12H,4-5H2,(H2,10,11)(H,14,15). The molecule has 0 aromatic carbocycles. The van der Waals surface area contributed by atoms with Gasteiger partial charge in [-0.2, -0.15) is 0 Å². The van der Waals surface area contributed by atoms with Gasteiger partial charge in [-0.25, -0.2) is 9.99 Å². The van der Waals surface area contributed by atoms with Crippen LogP contribution in [0.5, 0.6) is 0 Å². The molecule has 1 aliphatic heterocycles. The second kappa shape index (κ2) is 3.74. The van der Waals surface area contributed by atoms with Crippen molar-refractivity contribution in [2.45, 2.75) is 0 Å². The van der Waals surface area contributed by atoms with Gasteiger partial charge in [0.2, 0.25) is 0 Å². The van der Waals surface area contributed by atoms with Crippen LogP contribution in [0.4, 0.5) is 11.5 Å². The van der Waals surface area contributed by atoms with Crippen molar-refractivity contribution < 1.29 is 9.90 Å². The lowest BCUT2D eigenvalue weighted by molar-refractivity contribution is -0.146. The van der Waals surface area contributed by atoms with Gasteiger partial charge in [0.15, 0.2) is 0 Å². The highest BCUT2D eigenvalue weighted by atomic mass is 16.4. The Labute approximate surface area is 86.7 Å². The molecule has 0 atom stereocenters. The van der Waals surface area contributed by atoms with Crippen LogP contribution in [0.2, 0.25) is 0 Å². The maximum Gasteiger partial charge on any atom is 0.309 e. The quantitative estimate of drug-likeness (QED) is 0.648. The minimum absolute atomic E-state index is 0.282. The number of nitrogen functional groups attached to an aromatic ring is 1. The molecule has 2 heterocycles. The number of pyridine rings is 1. The zero-order chi connectivity index (χ0) is 10.8. The van der Waals surface area contributed by atoms with E-state index >= 15 is 0 Å². The first-order valence-electron chi connectivity index (χ1n) is 4.61. The normalized spacial score (nSPS) is 17.1. The van der Waals surface area contributed by atoms with Crippen LogP contribution in [0.15, 0.2) is 18.3 Å². The average molecular weight is 208 g/mol. The molecule has 4 N–H and O–H groups in total. The molecule has 0 saturated carbocycles. The lowest BCUT2D eigenvalue weighted by Gasteiger charge is -2.37. The number of nitrogens with one attached hydrogen (secondary N) is 1. The molecule has 0 spiro atoms. The summed E-state index contributed by atoms with van der Waals surface area (Å²) in [4.78, 5) is 14.5. The predicted molar refractivity (Wildman–Crippen MR) is 55.0 cm³/mol. The lowest BCUT2D eigenvalue weighted by atomic mass is 10.0. The average Bonchev–Trinajstić information content (AvgIpc) is 2.12. The monoisotopic (exact) mass is 208 g/mol. The van der Waals surface area contributed by atoms with Crippen molar-refractivity contribution in [1.82, 2.24) is 9.99 Å². The molecular formula is C9H12N4O2. The lowest BCUT2D eigenvalue weighted by Crippen LogP contribution is -2.52. The minimum atomic E-state index is -0.757. The van der Waals surface area contributed by atoms with Crippen LogP contribution in [0.1, 0.15) is 0 Å². The maximum absolute atomic E-state index is 10.6. The molecule has 6 nitrogen and oxygen atoms in total. The fourth-order valence-electron chi connectivity index (χ4n) is 1.41. The highest BCUT2D eigenvalue weighted by Gasteiger charge is 2.32. The zero-order valence-corrected chi connectivity index (χ0v) is 8.05. The van der Waals surface area contributed by atoms with E-state index < -0.39 is 5.97 Å². The number of aromatic nitrogens is 1. The predicted octanol–water partition coefficient (Wildman–Crippen LogP) is 0.00710. The molecule has 80 valence electrons. The number of hydrogen-bond acceptors (Lipinski definition) is 5. The zero-order valence-electron chi connectivity index (χ0n) is 8.05. The number of hydrogen-bond donors (Lipinski definition) is 3. The van der Waals surface area contributed by atoms with Gasteiger partial charge >= 0.3 is 5.97 Å². The van der Waals surface area contributed by atoms with E-state index in [2.05, 4.69) is 10.4 Å². The molecule has 0 aliphatic carbocycles. The Morgan fingerprint density at radius 2 is 2.40 bits per heavy atom. The Morgan fingerprint density at radius 3 is 3.00 bits per heavy atom. The molecule has 1 aliphatic rings. The fourth-order valence-corrected chi connectivity index (χ4v) is 1.41. The smallest absolute Gasteiger partial charge is 0.309 e. The molecule has 0 radical (unpaired) electrons. The van der Waals surface area contributed by atoms with Crippen molar-refractivity contribution in [3.63, 3.8) is 0 Å². The third-order valence-electron chi connectivity index (χ3n) is 2.35. The number of nitrogens with zero attached hydrogens (tertiary/aromatic N) is 2. The first-order valence-corrected chi connectivity index (χ1v) is 4.61. The van der Waals surface area contributed by atoms with Gasteiger partial charge in [0.25, 0.3) is 0 Å². The summed E-state index contributed by atoms with van der Waals surface area (Å²) in [6.07, 6.45) is 1.61. The number of anilines is 2. The summed E-state index contributed by atoms with van der Waals surface area (Å²) < 4.78 is 0. The molecule has 6 heteroatoms. The van der Waals surface area contributed by atoms with E-state index in [4.69, 9.17) is 10.8 Å². The molecule has 0 amide bonds. The van der Waals surface area contributed by atoms with Gasteiger partial charge < -0.3 is 16.3 Å². The first kappa shape index (κ1) is 9.72. The van der Waals surface area contributed by atoms with Gasteiger partial charge in [0.1, 0.15) is 5.82 Å². The third-order valence-corrected chi connectivity index (χ3v) is 2.35. The topological polar surface area (TPSA) is 91.5 Å². The summed E-state index contributed by atoms with van der Waals surface area (Å²) in [5, 5.41) is 10.5. The number of carboxylic acids is 1. The van der Waals surface area contributed by atoms with E-state index in [1.165, 1.54) is 0 Å². The number of aliphatic carboxylic acids is 1. The summed E-state index contributed by atoms with van der Waals surface area (Å²) in [7, 11) is 0. The van der Waals surface area contributed by atoms with Crippen LogP contribution >= 0.6 is 0 Å². The Kier molecular flexibility index (Phi) is 2.42. The Hall–Kier alpha value is -1.82. The van der Waals surface area contributed by atoms with E-state index in [-0.39, 0.29) is 5.92 Å². The summed E-state index contributed by atoms with van der Waals surface area (Å²) in [5.41, 5.74) is 9.35. The summed E-state index contributed by atoms with van der Waals surface area (Å²) in [6.45, 7) is 0.979. The maximum atomic E-state index is 10.6. The molecular weight excluding hydrogens is 196 g/mol. The van der Waals surface area contributed by atoms with Crippen molar-refractivity contribution in [2.24, 2.45) is 5.92 Å². The second-order valence-electron chi connectivity index (χ2n) is 3.49. The van der Waals surface area contributed by atoms with Crippen molar-refractivity contribution in [1.29, 1.82) is 0 Å². The molecule has 1 fully saturated rings. The van der Waals surface area contributed by atoms with Gasteiger partial charge in [-0.1, -0.05) is 0 Å². The Balaban J connectivity index is 1.90. The minimum Gasteiger partial charge on any atom is -0.481 e. The van der Waals surface area contributed by atoms with Crippen LogP contribution in [-0.4, -0.2) is 34.2 Å². The first-order chi connectivity index (χ1) is 7.16. The summed E-state index contributed by atoms with van der Waals surface area (Å²) in [6, 6.07) is 3.57. The molecule has 0 unspecified atom stereocenters. The van der Waals surface area contributed by atoms with E-state index in [0.717, 1.165) is 0 Å². The Bertz CT molecular complexity index is 376. The van der Waals surface area contributed by atoms with Gasteiger partial charge in [0.05, 0.1) is 11.6 Å². The van der Waals surface area contributed by atoms with Crippen molar-refractivity contribution in [3.05, 3.63) is 18.3 Å². The van der Waals surface area contributed by atoms with Crippen LogP contribution in [0, 0.1) is 5.92 Å². The molecule has 15 heavy (non-hydrogen) atoms. The van der Waals surface area contributed by atoms with Crippen molar-refractivity contribution in [2.75, 3.05) is 24.2 Å². The van der Waals surface area contributed by atoms with Crippen LogP contribution in [0.25, 0.3) is 0 Å². The second-order valence-corrected chi connectivity index (χ2v) is 3.49. The van der Waals surface area contributed by atoms with Gasteiger partial charge in [-0.15, -0.1) is 0 Å². The van der Waals surface area contributed by atoms with E-state index in [9.17, 15) is 4.79 Å². The van der Waals surface area contributed by atoms with E-state index in [1.807, 2.05) is 0 Å². The number of carboxylic acid groups (broad SMARTS) is 1. The van der Waals surface area contributed by atoms with Crippen LogP contribution in [-0.2, 0) is 4.79 Å². The molecule has 1 saturated heterocycles. The summed E-state index contributed by atoms with van der Waals surface area (Å²) in [5.74, 6) is -0.626. The summed E-state index contributed by atoms with van der Waals surface area (Å²) >= 11 is 0. The Morgan fingerprint density at radius 1 is 1.67 bits per heavy atom. The van der Waals surface area contributed by atoms with Crippen molar-refractivity contribution in [3.8, 4) is 0 Å². The molecule has 0 bridgehead atoms. The number of carbonyl (C=O) groups is 1. The highest BCUT2D eigenvalue weighted by molar-refractivity contribution is 5.72. The van der Waals surface area contributed by atoms with E-state index in [1.54, 1.807) is 23.3 Å². The fraction of sp³-hybridized carbons (Fsp3) is 0.333. The van der Waals surface area contributed by atoms with E-state index in [0.29, 0.717) is 24.6 Å². The van der Waals surface area contributed by atoms with Crippen LogP contribution in [0.3, 0.4) is 0 Å². The highest BCUT2D eigenvalue weighted by Crippen LogP contribution is 2.20. The largest absolute Gasteiger partial charge is 0.481 e. The number of rotatable bonds is 3. The van der Waals surface area contributed by atoms with Gasteiger partial charge in [-0.3, -0.25) is 4.79 Å². The SMILES string of the molecule is Nc1ncccc1NN1CC(C(=O)O)C1. The molecule has 2 rings (SSSR count). The van der Waals surface area contributed by atoms with Crippen LogP contribution < -0.4 is 11.2 Å². The molecule has 1 aromatic heterocycles. The molecule has 1 aromatic rings. The van der Waals surface area contributed by atoms with Gasteiger partial charge in [-0.05, 0) is 12.1 Å².